The van der Waals surface area contributed by atoms with Crippen LogP contribution in [-0.2, 0) is 12.8 Å². The Balaban J connectivity index is 1.65. The van der Waals surface area contributed by atoms with E-state index in [0.29, 0.717) is 11.6 Å². The molecule has 1 amide bonds. The minimum Gasteiger partial charge on any atom is -0.360 e. The standard InChI is InChI=1S/C12H17N3O2/c16-12(14-7-8-5-13-6-8)11-9-3-1-2-4-10(9)17-15-11/h8,13H,1-7H2,(H,14,16). The molecule has 0 aromatic carbocycles. The van der Waals surface area contributed by atoms with E-state index in [4.69, 9.17) is 4.52 Å². The first-order valence-electron chi connectivity index (χ1n) is 6.31. The number of aromatic nitrogens is 1. The van der Waals surface area contributed by atoms with E-state index in [1.54, 1.807) is 0 Å². The number of nitrogens with one attached hydrogen (secondary N) is 2. The molecule has 2 aliphatic rings. The number of carbonyl (C=O) groups excluding carboxylic acids is 1. The summed E-state index contributed by atoms with van der Waals surface area (Å²) in [4.78, 5) is 12.0. The lowest BCUT2D eigenvalue weighted by molar-refractivity contribution is 0.0932. The van der Waals surface area contributed by atoms with Crippen LogP contribution in [0.15, 0.2) is 4.52 Å². The normalized spacial score (nSPS) is 19.5. The molecular weight excluding hydrogens is 218 g/mol. The predicted octanol–water partition coefficient (Wildman–Crippen LogP) is 0.503. The van der Waals surface area contributed by atoms with Gasteiger partial charge in [0.1, 0.15) is 5.76 Å². The third-order valence-electron chi connectivity index (χ3n) is 3.58. The van der Waals surface area contributed by atoms with E-state index in [-0.39, 0.29) is 5.91 Å². The summed E-state index contributed by atoms with van der Waals surface area (Å²) in [7, 11) is 0. The second kappa shape index (κ2) is 4.49. The summed E-state index contributed by atoms with van der Waals surface area (Å²) in [6, 6.07) is 0. The van der Waals surface area contributed by atoms with Gasteiger partial charge in [-0.2, -0.15) is 0 Å². The molecule has 17 heavy (non-hydrogen) atoms. The predicted molar refractivity (Wildman–Crippen MR) is 61.8 cm³/mol. The molecule has 0 radical (unpaired) electrons. The average Bonchev–Trinajstić information content (AvgIpc) is 2.70. The Labute approximate surface area is 99.9 Å². The average molecular weight is 235 g/mol. The number of hydrogen-bond donors (Lipinski definition) is 2. The van der Waals surface area contributed by atoms with Crippen LogP contribution in [0.1, 0.15) is 34.7 Å². The summed E-state index contributed by atoms with van der Waals surface area (Å²) in [6.45, 7) is 2.72. The Morgan fingerprint density at radius 3 is 3.00 bits per heavy atom. The fraction of sp³-hybridized carbons (Fsp3) is 0.667. The Morgan fingerprint density at radius 1 is 1.41 bits per heavy atom. The van der Waals surface area contributed by atoms with Gasteiger partial charge in [-0.3, -0.25) is 4.79 Å². The molecule has 1 fully saturated rings. The van der Waals surface area contributed by atoms with E-state index in [1.807, 2.05) is 0 Å². The summed E-state index contributed by atoms with van der Waals surface area (Å²) in [5.41, 5.74) is 1.53. The lowest BCUT2D eigenvalue weighted by Crippen LogP contribution is -2.48. The first-order chi connectivity index (χ1) is 8.34. The maximum absolute atomic E-state index is 12.0. The SMILES string of the molecule is O=C(NCC1CNC1)c1noc2c1CCCC2. The molecule has 2 heterocycles. The summed E-state index contributed by atoms with van der Waals surface area (Å²) in [5, 5.41) is 10.0. The zero-order valence-electron chi connectivity index (χ0n) is 9.79. The summed E-state index contributed by atoms with van der Waals surface area (Å²) >= 11 is 0. The highest BCUT2D eigenvalue weighted by Crippen LogP contribution is 2.24. The Hall–Kier alpha value is -1.36. The van der Waals surface area contributed by atoms with Gasteiger partial charge in [0.2, 0.25) is 0 Å². The highest BCUT2D eigenvalue weighted by atomic mass is 16.5. The lowest BCUT2D eigenvalue weighted by atomic mass is 9.96. The molecule has 1 aromatic heterocycles. The van der Waals surface area contributed by atoms with Gasteiger partial charge in [-0.05, 0) is 19.3 Å². The Morgan fingerprint density at radius 2 is 2.24 bits per heavy atom. The summed E-state index contributed by atoms with van der Waals surface area (Å²) in [6.07, 6.45) is 4.10. The highest BCUT2D eigenvalue weighted by Gasteiger charge is 2.25. The van der Waals surface area contributed by atoms with Crippen LogP contribution in [0.25, 0.3) is 0 Å². The molecule has 2 N–H and O–H groups in total. The second-order valence-electron chi connectivity index (χ2n) is 4.87. The van der Waals surface area contributed by atoms with E-state index in [2.05, 4.69) is 15.8 Å². The molecule has 1 saturated heterocycles. The molecular formula is C12H17N3O2. The van der Waals surface area contributed by atoms with Crippen LogP contribution in [0.5, 0.6) is 0 Å². The molecule has 5 heteroatoms. The zero-order valence-corrected chi connectivity index (χ0v) is 9.79. The molecule has 0 unspecified atom stereocenters. The topological polar surface area (TPSA) is 67.2 Å². The largest absolute Gasteiger partial charge is 0.360 e. The van der Waals surface area contributed by atoms with Crippen LogP contribution in [-0.4, -0.2) is 30.7 Å². The molecule has 1 aliphatic heterocycles. The van der Waals surface area contributed by atoms with Crippen molar-refractivity contribution >= 4 is 5.91 Å². The smallest absolute Gasteiger partial charge is 0.273 e. The van der Waals surface area contributed by atoms with Crippen molar-refractivity contribution in [2.45, 2.75) is 25.7 Å². The van der Waals surface area contributed by atoms with E-state index >= 15 is 0 Å². The molecule has 5 nitrogen and oxygen atoms in total. The number of amides is 1. The van der Waals surface area contributed by atoms with E-state index < -0.39 is 0 Å². The monoisotopic (exact) mass is 235 g/mol. The second-order valence-corrected chi connectivity index (χ2v) is 4.87. The fourth-order valence-corrected chi connectivity index (χ4v) is 2.38. The third-order valence-corrected chi connectivity index (χ3v) is 3.58. The van der Waals surface area contributed by atoms with Crippen LogP contribution in [0.4, 0.5) is 0 Å². The minimum absolute atomic E-state index is 0.0798. The Kier molecular flexibility index (Phi) is 2.84. The van der Waals surface area contributed by atoms with Gasteiger partial charge in [0.15, 0.2) is 5.69 Å². The van der Waals surface area contributed by atoms with Gasteiger partial charge in [-0.1, -0.05) is 5.16 Å². The van der Waals surface area contributed by atoms with Crippen LogP contribution in [0.3, 0.4) is 0 Å². The minimum atomic E-state index is -0.0798. The summed E-state index contributed by atoms with van der Waals surface area (Å²) < 4.78 is 5.23. The maximum atomic E-state index is 12.0. The fourth-order valence-electron chi connectivity index (χ4n) is 2.38. The van der Waals surface area contributed by atoms with Crippen molar-refractivity contribution in [3.05, 3.63) is 17.0 Å². The molecule has 0 bridgehead atoms. The number of nitrogens with zero attached hydrogens (tertiary/aromatic N) is 1. The maximum Gasteiger partial charge on any atom is 0.273 e. The first kappa shape index (κ1) is 10.8. The number of hydrogen-bond acceptors (Lipinski definition) is 4. The van der Waals surface area contributed by atoms with Gasteiger partial charge in [-0.25, -0.2) is 0 Å². The highest BCUT2D eigenvalue weighted by molar-refractivity contribution is 5.93. The third kappa shape index (κ3) is 2.07. The molecule has 3 rings (SSSR count). The van der Waals surface area contributed by atoms with Gasteiger partial charge >= 0.3 is 0 Å². The number of carbonyl (C=O) groups is 1. The van der Waals surface area contributed by atoms with E-state index in [0.717, 1.165) is 56.6 Å². The van der Waals surface area contributed by atoms with E-state index in [1.165, 1.54) is 0 Å². The quantitative estimate of drug-likeness (QED) is 0.800. The van der Waals surface area contributed by atoms with Crippen LogP contribution < -0.4 is 10.6 Å². The number of fused-ring (bicyclic) bond motifs is 1. The van der Waals surface area contributed by atoms with Crippen molar-refractivity contribution in [1.82, 2.24) is 15.8 Å². The van der Waals surface area contributed by atoms with Gasteiger partial charge < -0.3 is 15.2 Å². The molecule has 1 aliphatic carbocycles. The van der Waals surface area contributed by atoms with Gasteiger partial charge in [-0.15, -0.1) is 0 Å². The van der Waals surface area contributed by atoms with Gasteiger partial charge in [0.25, 0.3) is 5.91 Å². The molecule has 0 spiro atoms. The van der Waals surface area contributed by atoms with Crippen molar-refractivity contribution in [2.24, 2.45) is 5.92 Å². The molecule has 92 valence electrons. The number of aryl methyl sites for hydroxylation is 1. The van der Waals surface area contributed by atoms with Gasteiger partial charge in [0, 0.05) is 37.5 Å². The molecule has 1 aromatic rings. The van der Waals surface area contributed by atoms with Crippen molar-refractivity contribution < 1.29 is 9.32 Å². The van der Waals surface area contributed by atoms with Crippen molar-refractivity contribution in [2.75, 3.05) is 19.6 Å². The number of rotatable bonds is 3. The molecule has 0 atom stereocenters. The van der Waals surface area contributed by atoms with Crippen molar-refractivity contribution in [3.8, 4) is 0 Å². The van der Waals surface area contributed by atoms with E-state index in [9.17, 15) is 4.79 Å². The zero-order chi connectivity index (χ0) is 11.7. The molecule has 0 saturated carbocycles. The summed E-state index contributed by atoms with van der Waals surface area (Å²) in [5.74, 6) is 1.40. The Bertz CT molecular complexity index is 423. The van der Waals surface area contributed by atoms with Crippen LogP contribution >= 0.6 is 0 Å². The van der Waals surface area contributed by atoms with Crippen molar-refractivity contribution in [1.29, 1.82) is 0 Å². The van der Waals surface area contributed by atoms with Crippen LogP contribution in [0, 0.1) is 5.92 Å². The van der Waals surface area contributed by atoms with Crippen LogP contribution in [0.2, 0.25) is 0 Å². The first-order valence-corrected chi connectivity index (χ1v) is 6.31. The van der Waals surface area contributed by atoms with Gasteiger partial charge in [0.05, 0.1) is 0 Å². The van der Waals surface area contributed by atoms with Crippen molar-refractivity contribution in [3.63, 3.8) is 0 Å². The lowest BCUT2D eigenvalue weighted by Gasteiger charge is -2.26.